The SMILES string of the molecule is C[C@@H](NCc1ccc(C(F)(F)F)cc1)c1ccc(F)cc1. The Morgan fingerprint density at radius 2 is 1.52 bits per heavy atom. The number of hydrogen-bond donors (Lipinski definition) is 1. The third kappa shape index (κ3) is 4.29. The van der Waals surface area contributed by atoms with Crippen LogP contribution in [-0.4, -0.2) is 0 Å². The Hall–Kier alpha value is -1.88. The molecule has 0 heterocycles. The summed E-state index contributed by atoms with van der Waals surface area (Å²) in [4.78, 5) is 0. The summed E-state index contributed by atoms with van der Waals surface area (Å²) < 4.78 is 50.1. The number of benzene rings is 2. The van der Waals surface area contributed by atoms with Gasteiger partial charge in [-0.15, -0.1) is 0 Å². The predicted octanol–water partition coefficient (Wildman–Crippen LogP) is 4.70. The first-order chi connectivity index (χ1) is 9.86. The molecule has 1 N–H and O–H groups in total. The van der Waals surface area contributed by atoms with Crippen molar-refractivity contribution in [2.45, 2.75) is 25.7 Å². The molecule has 2 aromatic carbocycles. The molecule has 5 heteroatoms. The number of alkyl halides is 3. The second-order valence-corrected chi connectivity index (χ2v) is 4.85. The van der Waals surface area contributed by atoms with Crippen LogP contribution in [0.1, 0.15) is 29.7 Å². The summed E-state index contributed by atoms with van der Waals surface area (Å²) in [5, 5.41) is 3.19. The third-order valence-corrected chi connectivity index (χ3v) is 3.26. The van der Waals surface area contributed by atoms with Crippen LogP contribution in [0.3, 0.4) is 0 Å². The molecule has 0 aromatic heterocycles. The summed E-state index contributed by atoms with van der Waals surface area (Å²) in [5.41, 5.74) is 1.03. The largest absolute Gasteiger partial charge is 0.416 e. The van der Waals surface area contributed by atoms with E-state index in [0.717, 1.165) is 23.3 Å². The molecule has 21 heavy (non-hydrogen) atoms. The minimum atomic E-state index is -4.31. The van der Waals surface area contributed by atoms with Crippen LogP contribution in [0.4, 0.5) is 17.6 Å². The fourth-order valence-electron chi connectivity index (χ4n) is 1.95. The van der Waals surface area contributed by atoms with Gasteiger partial charge in [-0.2, -0.15) is 13.2 Å². The molecule has 2 rings (SSSR count). The highest BCUT2D eigenvalue weighted by molar-refractivity contribution is 5.25. The Bertz CT molecular complexity index is 573. The standard InChI is InChI=1S/C16H15F4N/c1-11(13-4-8-15(17)9-5-13)21-10-12-2-6-14(7-3-12)16(18,19)20/h2-9,11,21H,10H2,1H3/t11-/m1/s1. The fraction of sp³-hybridized carbons (Fsp3) is 0.250. The topological polar surface area (TPSA) is 12.0 Å². The van der Waals surface area contributed by atoms with Crippen LogP contribution in [0.2, 0.25) is 0 Å². The lowest BCUT2D eigenvalue weighted by Crippen LogP contribution is -2.18. The molecule has 0 fully saturated rings. The Balaban J connectivity index is 1.95. The maximum Gasteiger partial charge on any atom is 0.416 e. The number of nitrogens with one attached hydrogen (secondary N) is 1. The van der Waals surface area contributed by atoms with Crippen LogP contribution < -0.4 is 5.32 Å². The van der Waals surface area contributed by atoms with E-state index in [1.807, 2.05) is 6.92 Å². The van der Waals surface area contributed by atoms with Gasteiger partial charge < -0.3 is 5.32 Å². The molecule has 2 aromatic rings. The van der Waals surface area contributed by atoms with E-state index in [1.165, 1.54) is 24.3 Å². The molecule has 0 bridgehead atoms. The van der Waals surface area contributed by atoms with Crippen molar-refractivity contribution in [2.75, 3.05) is 0 Å². The smallest absolute Gasteiger partial charge is 0.306 e. The van der Waals surface area contributed by atoms with E-state index in [-0.39, 0.29) is 11.9 Å². The van der Waals surface area contributed by atoms with Crippen molar-refractivity contribution in [3.8, 4) is 0 Å². The van der Waals surface area contributed by atoms with Crippen LogP contribution in [0.25, 0.3) is 0 Å². The van der Waals surface area contributed by atoms with E-state index >= 15 is 0 Å². The molecule has 0 spiro atoms. The van der Waals surface area contributed by atoms with E-state index in [0.29, 0.717) is 6.54 Å². The summed E-state index contributed by atoms with van der Waals surface area (Å²) >= 11 is 0. The second kappa shape index (κ2) is 6.26. The molecule has 0 saturated heterocycles. The van der Waals surface area contributed by atoms with Gasteiger partial charge in [-0.05, 0) is 42.3 Å². The maximum absolute atomic E-state index is 12.8. The van der Waals surface area contributed by atoms with E-state index in [9.17, 15) is 17.6 Å². The van der Waals surface area contributed by atoms with Crippen molar-refractivity contribution in [2.24, 2.45) is 0 Å². The van der Waals surface area contributed by atoms with Crippen LogP contribution in [0.5, 0.6) is 0 Å². The zero-order valence-corrected chi connectivity index (χ0v) is 11.4. The summed E-state index contributed by atoms with van der Waals surface area (Å²) in [5.74, 6) is -0.298. The Morgan fingerprint density at radius 3 is 2.05 bits per heavy atom. The van der Waals surface area contributed by atoms with Gasteiger partial charge >= 0.3 is 6.18 Å². The third-order valence-electron chi connectivity index (χ3n) is 3.26. The average Bonchev–Trinajstić information content (AvgIpc) is 2.45. The Labute approximate surface area is 120 Å². The molecular weight excluding hydrogens is 282 g/mol. The highest BCUT2D eigenvalue weighted by atomic mass is 19.4. The summed E-state index contributed by atoms with van der Waals surface area (Å²) in [6.07, 6.45) is -4.31. The first-order valence-electron chi connectivity index (χ1n) is 6.51. The Morgan fingerprint density at radius 1 is 0.952 bits per heavy atom. The van der Waals surface area contributed by atoms with Crippen LogP contribution in [0.15, 0.2) is 48.5 Å². The van der Waals surface area contributed by atoms with Gasteiger partial charge in [-0.25, -0.2) is 4.39 Å². The molecule has 0 radical (unpaired) electrons. The van der Waals surface area contributed by atoms with Gasteiger partial charge in [0.2, 0.25) is 0 Å². The first-order valence-corrected chi connectivity index (χ1v) is 6.51. The highest BCUT2D eigenvalue weighted by Crippen LogP contribution is 2.29. The highest BCUT2D eigenvalue weighted by Gasteiger charge is 2.29. The quantitative estimate of drug-likeness (QED) is 0.807. The van der Waals surface area contributed by atoms with E-state index in [4.69, 9.17) is 0 Å². The van der Waals surface area contributed by atoms with Gasteiger partial charge in [0.1, 0.15) is 5.82 Å². The average molecular weight is 297 g/mol. The van der Waals surface area contributed by atoms with E-state index in [1.54, 1.807) is 12.1 Å². The lowest BCUT2D eigenvalue weighted by Gasteiger charge is -2.15. The minimum absolute atomic E-state index is 0.0205. The zero-order valence-electron chi connectivity index (χ0n) is 11.4. The van der Waals surface area contributed by atoms with Crippen molar-refractivity contribution in [3.05, 3.63) is 71.0 Å². The van der Waals surface area contributed by atoms with Crippen LogP contribution >= 0.6 is 0 Å². The number of rotatable bonds is 4. The lowest BCUT2D eigenvalue weighted by molar-refractivity contribution is -0.137. The molecule has 0 unspecified atom stereocenters. The van der Waals surface area contributed by atoms with Gasteiger partial charge in [0, 0.05) is 12.6 Å². The van der Waals surface area contributed by atoms with Crippen molar-refractivity contribution in [3.63, 3.8) is 0 Å². The minimum Gasteiger partial charge on any atom is -0.306 e. The monoisotopic (exact) mass is 297 g/mol. The maximum atomic E-state index is 12.8. The molecule has 0 aliphatic heterocycles. The molecule has 1 nitrogen and oxygen atoms in total. The summed E-state index contributed by atoms with van der Waals surface area (Å²) in [7, 11) is 0. The summed E-state index contributed by atoms with van der Waals surface area (Å²) in [6.45, 7) is 2.36. The van der Waals surface area contributed by atoms with Gasteiger partial charge in [0.15, 0.2) is 0 Å². The van der Waals surface area contributed by atoms with Crippen molar-refractivity contribution < 1.29 is 17.6 Å². The molecular formula is C16H15F4N. The van der Waals surface area contributed by atoms with Crippen molar-refractivity contribution >= 4 is 0 Å². The molecule has 1 atom stereocenters. The zero-order chi connectivity index (χ0) is 15.5. The van der Waals surface area contributed by atoms with Crippen molar-refractivity contribution in [1.29, 1.82) is 0 Å². The van der Waals surface area contributed by atoms with Gasteiger partial charge in [0.05, 0.1) is 5.56 Å². The second-order valence-electron chi connectivity index (χ2n) is 4.85. The molecule has 0 aliphatic rings. The normalized spacial score (nSPS) is 13.2. The first kappa shape index (κ1) is 15.5. The molecule has 0 aliphatic carbocycles. The van der Waals surface area contributed by atoms with Crippen LogP contribution in [-0.2, 0) is 12.7 Å². The predicted molar refractivity (Wildman–Crippen MR) is 73.1 cm³/mol. The van der Waals surface area contributed by atoms with E-state index < -0.39 is 11.7 Å². The van der Waals surface area contributed by atoms with Gasteiger partial charge in [-0.1, -0.05) is 24.3 Å². The van der Waals surface area contributed by atoms with E-state index in [2.05, 4.69) is 5.32 Å². The molecule has 0 amide bonds. The van der Waals surface area contributed by atoms with Crippen LogP contribution in [0, 0.1) is 5.82 Å². The Kier molecular flexibility index (Phi) is 4.63. The summed E-state index contributed by atoms with van der Waals surface area (Å²) in [6, 6.07) is 11.1. The number of hydrogen-bond acceptors (Lipinski definition) is 1. The van der Waals surface area contributed by atoms with Gasteiger partial charge in [-0.3, -0.25) is 0 Å². The van der Waals surface area contributed by atoms with Crippen molar-refractivity contribution in [1.82, 2.24) is 5.32 Å². The van der Waals surface area contributed by atoms with Gasteiger partial charge in [0.25, 0.3) is 0 Å². The molecule has 0 saturated carbocycles. The lowest BCUT2D eigenvalue weighted by atomic mass is 10.1. The number of halogens is 4. The fourth-order valence-corrected chi connectivity index (χ4v) is 1.95. The molecule has 112 valence electrons.